The van der Waals surface area contributed by atoms with E-state index in [1.165, 1.54) is 5.56 Å². The number of nitrogens with one attached hydrogen (secondary N) is 1. The van der Waals surface area contributed by atoms with Crippen LogP contribution in [0.25, 0.3) is 0 Å². The van der Waals surface area contributed by atoms with Gasteiger partial charge in [0.2, 0.25) is 5.91 Å². The molecule has 2 aliphatic rings. The molecule has 2 fully saturated rings. The highest BCUT2D eigenvalue weighted by atomic mass is 16.5. The molecule has 1 aromatic heterocycles. The van der Waals surface area contributed by atoms with Gasteiger partial charge in [-0.3, -0.25) is 9.89 Å². The van der Waals surface area contributed by atoms with Gasteiger partial charge in [0.25, 0.3) is 0 Å². The quantitative estimate of drug-likeness (QED) is 0.940. The molecular formula is C19H23N3O2. The van der Waals surface area contributed by atoms with E-state index in [1.807, 2.05) is 24.3 Å². The van der Waals surface area contributed by atoms with Gasteiger partial charge < -0.3 is 9.64 Å². The fourth-order valence-electron chi connectivity index (χ4n) is 3.94. The SMILES string of the molecule is COc1ccccc1[C@@H]1C[C@H]1C(=O)N1CCC[C@@H](c2ccn[nH]2)C1. The molecule has 0 bridgehead atoms. The van der Waals surface area contributed by atoms with Crippen LogP contribution in [-0.2, 0) is 4.79 Å². The van der Waals surface area contributed by atoms with E-state index in [9.17, 15) is 4.79 Å². The predicted molar refractivity (Wildman–Crippen MR) is 91.0 cm³/mol. The van der Waals surface area contributed by atoms with Crippen LogP contribution in [-0.4, -0.2) is 41.2 Å². The van der Waals surface area contributed by atoms with Crippen molar-refractivity contribution in [1.82, 2.24) is 15.1 Å². The van der Waals surface area contributed by atoms with E-state index in [4.69, 9.17) is 4.74 Å². The zero-order chi connectivity index (χ0) is 16.5. The standard InChI is InChI=1S/C19H23N3O2/c1-24-18-7-3-2-6-14(18)15-11-16(15)19(23)22-10-4-5-13(12-22)17-8-9-20-21-17/h2-3,6-9,13,15-16H,4-5,10-12H2,1H3,(H,20,21)/t13-,15+,16-/m1/s1. The molecule has 4 rings (SSSR count). The summed E-state index contributed by atoms with van der Waals surface area (Å²) >= 11 is 0. The largest absolute Gasteiger partial charge is 0.496 e. The maximum absolute atomic E-state index is 12.9. The zero-order valence-electron chi connectivity index (χ0n) is 13.9. The van der Waals surface area contributed by atoms with E-state index in [2.05, 4.69) is 21.2 Å². The monoisotopic (exact) mass is 325 g/mol. The second-order valence-corrected chi connectivity index (χ2v) is 6.83. The van der Waals surface area contributed by atoms with Crippen molar-refractivity contribution in [2.45, 2.75) is 31.1 Å². The normalized spacial score (nSPS) is 26.2. The van der Waals surface area contributed by atoms with Crippen molar-refractivity contribution in [3.63, 3.8) is 0 Å². The molecule has 126 valence electrons. The molecule has 24 heavy (non-hydrogen) atoms. The van der Waals surface area contributed by atoms with Crippen molar-refractivity contribution >= 4 is 5.91 Å². The lowest BCUT2D eigenvalue weighted by Gasteiger charge is -2.32. The van der Waals surface area contributed by atoms with E-state index in [0.29, 0.717) is 17.7 Å². The predicted octanol–water partition coefficient (Wildman–Crippen LogP) is 2.93. The summed E-state index contributed by atoms with van der Waals surface area (Å²) < 4.78 is 5.45. The summed E-state index contributed by atoms with van der Waals surface area (Å²) in [7, 11) is 1.69. The Morgan fingerprint density at radius 3 is 3.00 bits per heavy atom. The van der Waals surface area contributed by atoms with Gasteiger partial charge in [0, 0.05) is 36.8 Å². The Labute approximate surface area is 142 Å². The van der Waals surface area contributed by atoms with Gasteiger partial charge in [0.05, 0.1) is 7.11 Å². The third kappa shape index (κ3) is 2.79. The average molecular weight is 325 g/mol. The van der Waals surface area contributed by atoms with E-state index in [1.54, 1.807) is 13.3 Å². The van der Waals surface area contributed by atoms with E-state index < -0.39 is 0 Å². The number of carbonyl (C=O) groups excluding carboxylic acids is 1. The van der Waals surface area contributed by atoms with Gasteiger partial charge in [-0.15, -0.1) is 0 Å². The molecule has 0 radical (unpaired) electrons. The van der Waals surface area contributed by atoms with Gasteiger partial charge >= 0.3 is 0 Å². The number of aromatic amines is 1. The lowest BCUT2D eigenvalue weighted by molar-refractivity contribution is -0.133. The summed E-state index contributed by atoms with van der Waals surface area (Å²) in [6.07, 6.45) is 4.90. The highest BCUT2D eigenvalue weighted by Gasteiger charge is 2.47. The Hall–Kier alpha value is -2.30. The fourth-order valence-corrected chi connectivity index (χ4v) is 3.94. The number of nitrogens with zero attached hydrogens (tertiary/aromatic N) is 2. The van der Waals surface area contributed by atoms with Crippen LogP contribution in [0, 0.1) is 5.92 Å². The first kappa shape index (κ1) is 15.2. The average Bonchev–Trinajstić information content (AvgIpc) is 3.24. The molecule has 0 spiro atoms. The first-order valence-electron chi connectivity index (χ1n) is 8.69. The minimum atomic E-state index is 0.113. The van der Waals surface area contributed by atoms with Crippen molar-refractivity contribution < 1.29 is 9.53 Å². The Morgan fingerprint density at radius 2 is 2.21 bits per heavy atom. The summed E-state index contributed by atoms with van der Waals surface area (Å²) in [5.41, 5.74) is 2.31. The van der Waals surface area contributed by atoms with Crippen LogP contribution in [0.2, 0.25) is 0 Å². The molecule has 2 aromatic rings. The highest BCUT2D eigenvalue weighted by molar-refractivity contribution is 5.83. The molecule has 1 N–H and O–H groups in total. The number of benzene rings is 1. The summed E-state index contributed by atoms with van der Waals surface area (Å²) in [5, 5.41) is 7.10. The molecule has 5 nitrogen and oxygen atoms in total. The number of likely N-dealkylation sites (tertiary alicyclic amines) is 1. The lowest BCUT2D eigenvalue weighted by atomic mass is 9.94. The molecule has 1 aliphatic carbocycles. The van der Waals surface area contributed by atoms with Crippen LogP contribution in [0.3, 0.4) is 0 Å². The summed E-state index contributed by atoms with van der Waals surface area (Å²) in [6, 6.07) is 10.1. The summed E-state index contributed by atoms with van der Waals surface area (Å²) in [4.78, 5) is 15.0. The van der Waals surface area contributed by atoms with E-state index >= 15 is 0 Å². The Kier molecular flexibility index (Phi) is 4.00. The van der Waals surface area contributed by atoms with E-state index in [0.717, 1.165) is 43.8 Å². The maximum atomic E-state index is 12.9. The number of para-hydroxylation sites is 1. The molecule has 1 amide bonds. The highest BCUT2D eigenvalue weighted by Crippen LogP contribution is 2.51. The number of ether oxygens (including phenoxy) is 1. The Morgan fingerprint density at radius 1 is 1.33 bits per heavy atom. The van der Waals surface area contributed by atoms with Crippen LogP contribution in [0.15, 0.2) is 36.5 Å². The molecule has 3 atom stereocenters. The van der Waals surface area contributed by atoms with Gasteiger partial charge in [-0.1, -0.05) is 18.2 Å². The molecule has 1 aliphatic heterocycles. The first-order valence-corrected chi connectivity index (χ1v) is 8.69. The fraction of sp³-hybridized carbons (Fsp3) is 0.474. The van der Waals surface area contributed by atoms with Gasteiger partial charge in [-0.05, 0) is 42.9 Å². The minimum Gasteiger partial charge on any atom is -0.496 e. The van der Waals surface area contributed by atoms with E-state index in [-0.39, 0.29) is 5.92 Å². The lowest BCUT2D eigenvalue weighted by Crippen LogP contribution is -2.40. The number of carbonyl (C=O) groups is 1. The molecule has 5 heteroatoms. The van der Waals surface area contributed by atoms with Crippen LogP contribution >= 0.6 is 0 Å². The van der Waals surface area contributed by atoms with Gasteiger partial charge in [-0.25, -0.2) is 0 Å². The smallest absolute Gasteiger partial charge is 0.226 e. The number of H-pyrrole nitrogens is 1. The molecule has 1 saturated carbocycles. The second kappa shape index (κ2) is 6.30. The van der Waals surface area contributed by atoms with Crippen LogP contribution < -0.4 is 4.74 Å². The Balaban J connectivity index is 1.43. The first-order chi connectivity index (χ1) is 11.8. The van der Waals surface area contributed by atoms with Crippen LogP contribution in [0.1, 0.15) is 42.4 Å². The summed E-state index contributed by atoms with van der Waals surface area (Å²) in [5.74, 6) is 2.00. The van der Waals surface area contributed by atoms with Crippen LogP contribution in [0.5, 0.6) is 5.75 Å². The zero-order valence-corrected chi connectivity index (χ0v) is 13.9. The minimum absolute atomic E-state index is 0.113. The van der Waals surface area contributed by atoms with Gasteiger partial charge in [0.1, 0.15) is 5.75 Å². The summed E-state index contributed by atoms with van der Waals surface area (Å²) in [6.45, 7) is 1.68. The molecular weight excluding hydrogens is 302 g/mol. The number of methoxy groups -OCH3 is 1. The topological polar surface area (TPSA) is 58.2 Å². The molecule has 1 saturated heterocycles. The number of amides is 1. The van der Waals surface area contributed by atoms with Crippen molar-refractivity contribution in [3.05, 3.63) is 47.8 Å². The van der Waals surface area contributed by atoms with Crippen molar-refractivity contribution in [3.8, 4) is 5.75 Å². The van der Waals surface area contributed by atoms with Gasteiger partial charge in [-0.2, -0.15) is 5.10 Å². The Bertz CT molecular complexity index is 713. The number of rotatable bonds is 4. The molecule has 1 aromatic carbocycles. The molecule has 2 heterocycles. The van der Waals surface area contributed by atoms with Crippen LogP contribution in [0.4, 0.5) is 0 Å². The van der Waals surface area contributed by atoms with Crippen molar-refractivity contribution in [2.24, 2.45) is 5.92 Å². The van der Waals surface area contributed by atoms with Gasteiger partial charge in [0.15, 0.2) is 0 Å². The van der Waals surface area contributed by atoms with Crippen molar-refractivity contribution in [2.75, 3.05) is 20.2 Å². The second-order valence-electron chi connectivity index (χ2n) is 6.83. The molecule has 0 unspecified atom stereocenters. The maximum Gasteiger partial charge on any atom is 0.226 e. The van der Waals surface area contributed by atoms with Crippen molar-refractivity contribution in [1.29, 1.82) is 0 Å². The number of piperidine rings is 1. The third-order valence-corrected chi connectivity index (χ3v) is 5.34. The third-order valence-electron chi connectivity index (χ3n) is 5.34. The number of hydrogen-bond acceptors (Lipinski definition) is 3. The number of aromatic nitrogens is 2. The number of hydrogen-bond donors (Lipinski definition) is 1.